The summed E-state index contributed by atoms with van der Waals surface area (Å²) in [5, 5.41) is 8.81. The van der Waals surface area contributed by atoms with Crippen molar-refractivity contribution in [3.63, 3.8) is 0 Å². The van der Waals surface area contributed by atoms with Crippen molar-refractivity contribution in [1.29, 1.82) is 0 Å². The maximum Gasteiger partial charge on any atom is 0.323 e. The summed E-state index contributed by atoms with van der Waals surface area (Å²) in [6.07, 6.45) is 9.81. The second kappa shape index (κ2) is 8.73. The highest BCUT2D eigenvalue weighted by atomic mass is 16.5. The number of nitrogens with two attached hydrogens (primary N) is 1. The fourth-order valence-electron chi connectivity index (χ4n) is 8.64. The van der Waals surface area contributed by atoms with Gasteiger partial charge >= 0.3 is 11.9 Å². The molecule has 0 bridgehead atoms. The summed E-state index contributed by atoms with van der Waals surface area (Å²) in [6.45, 7) is 6.66. The van der Waals surface area contributed by atoms with Crippen molar-refractivity contribution < 1.29 is 24.2 Å². The maximum atomic E-state index is 12.4. The molecule has 0 aliphatic heterocycles. The zero-order valence-corrected chi connectivity index (χ0v) is 20.0. The minimum atomic E-state index is -0.945. The number of carboxylic acids is 1. The third-order valence-corrected chi connectivity index (χ3v) is 10.4. The number of rotatable bonds is 6. The summed E-state index contributed by atoms with van der Waals surface area (Å²) in [5.74, 6) is 1.90. The molecule has 0 heterocycles. The lowest BCUT2D eigenvalue weighted by Gasteiger charge is -2.61. The van der Waals surface area contributed by atoms with Crippen LogP contribution in [-0.4, -0.2) is 35.0 Å². The summed E-state index contributed by atoms with van der Waals surface area (Å²) >= 11 is 0. The van der Waals surface area contributed by atoms with Crippen molar-refractivity contribution in [2.75, 3.05) is 0 Å². The van der Waals surface area contributed by atoms with Crippen molar-refractivity contribution in [2.45, 2.75) is 104 Å². The summed E-state index contributed by atoms with van der Waals surface area (Å²) in [7, 11) is 0. The van der Waals surface area contributed by atoms with Crippen molar-refractivity contribution in [3.8, 4) is 0 Å². The number of fused-ring (bicyclic) bond motifs is 5. The normalized spacial score (nSPS) is 44.0. The van der Waals surface area contributed by atoms with Gasteiger partial charge in [0.1, 0.15) is 17.9 Å². The van der Waals surface area contributed by atoms with Gasteiger partial charge in [0.2, 0.25) is 0 Å². The van der Waals surface area contributed by atoms with Gasteiger partial charge in [-0.3, -0.25) is 14.4 Å². The Morgan fingerprint density at radius 2 is 1.69 bits per heavy atom. The van der Waals surface area contributed by atoms with Crippen LogP contribution in [0.3, 0.4) is 0 Å². The number of esters is 1. The fraction of sp³-hybridized carbons (Fsp3) is 0.885. The number of hydrogen-bond donors (Lipinski definition) is 2. The molecule has 0 aromatic carbocycles. The molecule has 4 fully saturated rings. The quantitative estimate of drug-likeness (QED) is 0.587. The van der Waals surface area contributed by atoms with Crippen molar-refractivity contribution in [2.24, 2.45) is 46.2 Å². The van der Waals surface area contributed by atoms with Crippen LogP contribution in [0.1, 0.15) is 91.4 Å². The highest BCUT2D eigenvalue weighted by molar-refractivity contribution is 5.79. The van der Waals surface area contributed by atoms with Gasteiger partial charge in [-0.25, -0.2) is 0 Å². The molecule has 4 aliphatic carbocycles. The number of ketones is 1. The zero-order chi connectivity index (χ0) is 23.3. The van der Waals surface area contributed by atoms with Crippen LogP contribution in [0.2, 0.25) is 0 Å². The summed E-state index contributed by atoms with van der Waals surface area (Å²) in [5.41, 5.74) is 6.33. The number of carboxylic acid groups (broad SMARTS) is 1. The maximum absolute atomic E-state index is 12.4. The molecule has 4 saturated carbocycles. The molecule has 0 unspecified atom stereocenters. The number of carbonyl (C=O) groups is 3. The third kappa shape index (κ3) is 4.01. The number of ether oxygens (including phenoxy) is 1. The fourth-order valence-corrected chi connectivity index (χ4v) is 8.64. The molecule has 32 heavy (non-hydrogen) atoms. The average Bonchev–Trinajstić information content (AvgIpc) is 3.09. The Bertz CT molecular complexity index is 767. The molecule has 6 nitrogen and oxygen atoms in total. The van der Waals surface area contributed by atoms with E-state index in [9.17, 15) is 14.4 Å². The Kier molecular flexibility index (Phi) is 6.47. The Morgan fingerprint density at radius 3 is 2.38 bits per heavy atom. The molecule has 0 saturated heterocycles. The van der Waals surface area contributed by atoms with Crippen molar-refractivity contribution in [1.82, 2.24) is 0 Å². The van der Waals surface area contributed by atoms with E-state index in [0.717, 1.165) is 31.6 Å². The molecule has 0 aromatic rings. The van der Waals surface area contributed by atoms with E-state index >= 15 is 0 Å². The molecule has 0 radical (unpaired) electrons. The molecular weight excluding hydrogens is 406 g/mol. The second-order valence-corrected chi connectivity index (χ2v) is 11.8. The van der Waals surface area contributed by atoms with E-state index in [-0.39, 0.29) is 35.7 Å². The van der Waals surface area contributed by atoms with E-state index in [1.54, 1.807) is 6.92 Å². The predicted molar refractivity (Wildman–Crippen MR) is 121 cm³/mol. The van der Waals surface area contributed by atoms with E-state index in [1.807, 2.05) is 0 Å². The van der Waals surface area contributed by atoms with Crippen LogP contribution in [0.15, 0.2) is 0 Å². The van der Waals surface area contributed by atoms with Crippen LogP contribution in [0, 0.1) is 40.4 Å². The van der Waals surface area contributed by atoms with Gasteiger partial charge in [0.15, 0.2) is 0 Å². The Hall–Kier alpha value is -1.43. The molecule has 3 N–H and O–H groups in total. The van der Waals surface area contributed by atoms with Gasteiger partial charge in [-0.2, -0.15) is 0 Å². The van der Waals surface area contributed by atoms with E-state index in [2.05, 4.69) is 13.8 Å². The first-order valence-electron chi connectivity index (χ1n) is 12.7. The van der Waals surface area contributed by atoms with Crippen LogP contribution in [0.25, 0.3) is 0 Å². The molecule has 4 rings (SSSR count). The molecule has 0 spiro atoms. The summed E-state index contributed by atoms with van der Waals surface area (Å²) in [6, 6.07) is -0.859. The lowest BCUT2D eigenvalue weighted by Crippen LogP contribution is -2.54. The van der Waals surface area contributed by atoms with Gasteiger partial charge in [-0.15, -0.1) is 0 Å². The van der Waals surface area contributed by atoms with E-state index < -0.39 is 18.0 Å². The molecule has 0 aromatic heterocycles. The minimum Gasteiger partial charge on any atom is -0.481 e. The number of carbonyl (C=O) groups excluding carboxylic acids is 2. The Balaban J connectivity index is 1.39. The molecule has 9 atom stereocenters. The third-order valence-electron chi connectivity index (χ3n) is 10.4. The number of Topliss-reactive ketones (excluding diaryl/α,β-unsaturated/α-hetero) is 1. The van der Waals surface area contributed by atoms with Gasteiger partial charge in [-0.1, -0.05) is 13.8 Å². The van der Waals surface area contributed by atoms with Crippen molar-refractivity contribution in [3.05, 3.63) is 0 Å². The van der Waals surface area contributed by atoms with E-state index in [1.165, 1.54) is 32.1 Å². The SMILES string of the molecule is CC(=O)[C@H]1CC[C@H]2[C@@H]3CC[C@@H]4C[C@H](OC(=O)[C@@H](N)CCC(=O)O)CC[C@]4(C)[C@H]3CC[C@]12C. The van der Waals surface area contributed by atoms with Gasteiger partial charge in [0.05, 0.1) is 0 Å². The van der Waals surface area contributed by atoms with Crippen LogP contribution in [0.4, 0.5) is 0 Å². The van der Waals surface area contributed by atoms with E-state index in [0.29, 0.717) is 23.5 Å². The topological polar surface area (TPSA) is 107 Å². The summed E-state index contributed by atoms with van der Waals surface area (Å²) in [4.78, 5) is 35.4. The lowest BCUT2D eigenvalue weighted by atomic mass is 9.44. The lowest BCUT2D eigenvalue weighted by molar-refractivity contribution is -0.164. The van der Waals surface area contributed by atoms with Crippen molar-refractivity contribution >= 4 is 17.7 Å². The molecule has 180 valence electrons. The largest absolute Gasteiger partial charge is 0.481 e. The second-order valence-electron chi connectivity index (χ2n) is 11.8. The van der Waals surface area contributed by atoms with Crippen LogP contribution >= 0.6 is 0 Å². The molecular formula is C26H41NO5. The Labute approximate surface area is 192 Å². The van der Waals surface area contributed by atoms with Gasteiger partial charge in [0, 0.05) is 12.3 Å². The number of aliphatic carboxylic acids is 1. The van der Waals surface area contributed by atoms with Gasteiger partial charge < -0.3 is 15.6 Å². The Morgan fingerprint density at radius 1 is 1.00 bits per heavy atom. The molecule has 0 amide bonds. The first kappa shape index (κ1) is 23.7. The van der Waals surface area contributed by atoms with Gasteiger partial charge in [-0.05, 0) is 106 Å². The first-order valence-corrected chi connectivity index (χ1v) is 12.7. The smallest absolute Gasteiger partial charge is 0.323 e. The molecule has 6 heteroatoms. The van der Waals surface area contributed by atoms with Crippen LogP contribution < -0.4 is 5.73 Å². The number of hydrogen-bond acceptors (Lipinski definition) is 5. The molecule has 4 aliphatic rings. The standard InChI is InChI=1S/C26H41NO5/c1-15(28)19-6-7-20-18-5-4-16-14-17(32-24(31)22(27)8-9-23(29)30)10-12-25(16,2)21(18)11-13-26(19,20)3/h16-22H,4-14,27H2,1-3H3,(H,29,30)/t16-,17-,18+,19-,20+,21+,22+,25+,26-/m1/s1. The zero-order valence-electron chi connectivity index (χ0n) is 20.0. The van der Waals surface area contributed by atoms with Gasteiger partial charge in [0.25, 0.3) is 0 Å². The van der Waals surface area contributed by atoms with E-state index in [4.69, 9.17) is 15.6 Å². The highest BCUT2D eigenvalue weighted by Crippen LogP contribution is 2.67. The van der Waals surface area contributed by atoms with Crippen LogP contribution in [0.5, 0.6) is 0 Å². The predicted octanol–water partition coefficient (Wildman–Crippen LogP) is 4.34. The monoisotopic (exact) mass is 447 g/mol. The highest BCUT2D eigenvalue weighted by Gasteiger charge is 2.60. The average molecular weight is 448 g/mol. The van der Waals surface area contributed by atoms with Crippen LogP contribution in [-0.2, 0) is 19.1 Å². The summed E-state index contributed by atoms with van der Waals surface area (Å²) < 4.78 is 5.75. The first-order chi connectivity index (χ1) is 15.1. The minimum absolute atomic E-state index is 0.101.